The number of alkyl halides is 6. The first-order chi connectivity index (χ1) is 18.3. The Bertz CT molecular complexity index is 1440. The molecule has 39 heavy (non-hydrogen) atoms. The lowest BCUT2D eigenvalue weighted by Gasteiger charge is -2.15. The third-order valence-electron chi connectivity index (χ3n) is 5.62. The van der Waals surface area contributed by atoms with Gasteiger partial charge in [0.2, 0.25) is 0 Å². The molecule has 13 heteroatoms. The second-order valence-electron chi connectivity index (χ2n) is 8.07. The second-order valence-corrected chi connectivity index (χ2v) is 9.15. The summed E-state index contributed by atoms with van der Waals surface area (Å²) < 4.78 is 78.4. The van der Waals surface area contributed by atoms with Crippen molar-refractivity contribution in [1.82, 2.24) is 0 Å². The van der Waals surface area contributed by atoms with Crippen LogP contribution in [-0.4, -0.2) is 9.85 Å². The lowest BCUT2D eigenvalue weighted by atomic mass is 10.0. The summed E-state index contributed by atoms with van der Waals surface area (Å²) >= 11 is 0.860. The van der Waals surface area contributed by atoms with Crippen molar-refractivity contribution < 1.29 is 36.2 Å². The highest BCUT2D eigenvalue weighted by Gasteiger charge is 2.32. The van der Waals surface area contributed by atoms with Gasteiger partial charge in [0.15, 0.2) is 0 Å². The topological polar surface area (TPSA) is 86.3 Å². The molecule has 4 rings (SSSR count). The largest absolute Gasteiger partial charge is 0.416 e. The highest BCUT2D eigenvalue weighted by molar-refractivity contribution is 7.99. The van der Waals surface area contributed by atoms with Crippen molar-refractivity contribution in [3.05, 3.63) is 116 Å². The van der Waals surface area contributed by atoms with Crippen molar-refractivity contribution >= 4 is 23.1 Å². The van der Waals surface area contributed by atoms with E-state index in [0.717, 1.165) is 60.3 Å². The number of nitrogens with zero attached hydrogens (tertiary/aromatic N) is 2. The Morgan fingerprint density at radius 2 is 0.872 bits per heavy atom. The molecule has 6 nitrogen and oxygen atoms in total. The van der Waals surface area contributed by atoms with Crippen LogP contribution in [0, 0.1) is 20.2 Å². The van der Waals surface area contributed by atoms with E-state index in [4.69, 9.17) is 0 Å². The van der Waals surface area contributed by atoms with E-state index in [-0.39, 0.29) is 32.0 Å². The summed E-state index contributed by atoms with van der Waals surface area (Å²) in [5.41, 5.74) is -2.59. The molecule has 0 radical (unpaired) electrons. The highest BCUT2D eigenvalue weighted by atomic mass is 32.2. The first kappa shape index (κ1) is 27.6. The van der Waals surface area contributed by atoms with Gasteiger partial charge < -0.3 is 0 Å². The maximum Gasteiger partial charge on any atom is 0.416 e. The van der Waals surface area contributed by atoms with Crippen LogP contribution < -0.4 is 0 Å². The summed E-state index contributed by atoms with van der Waals surface area (Å²) in [4.78, 5) is 22.6. The van der Waals surface area contributed by atoms with Crippen LogP contribution in [0.3, 0.4) is 0 Å². The smallest absolute Gasteiger partial charge is 0.258 e. The van der Waals surface area contributed by atoms with Crippen LogP contribution in [0.1, 0.15) is 11.1 Å². The molecule has 0 heterocycles. The van der Waals surface area contributed by atoms with Crippen molar-refractivity contribution in [2.45, 2.75) is 22.1 Å². The average Bonchev–Trinajstić information content (AvgIpc) is 2.87. The lowest BCUT2D eigenvalue weighted by Crippen LogP contribution is -2.04. The monoisotopic (exact) mass is 564 g/mol. The summed E-state index contributed by atoms with van der Waals surface area (Å²) in [5, 5.41) is 23.6. The van der Waals surface area contributed by atoms with Gasteiger partial charge in [-0.2, -0.15) is 26.3 Å². The summed E-state index contributed by atoms with van der Waals surface area (Å²) in [6, 6.07) is 15.4. The average molecular weight is 564 g/mol. The van der Waals surface area contributed by atoms with E-state index in [0.29, 0.717) is 0 Å². The minimum absolute atomic E-state index is 0.0221. The van der Waals surface area contributed by atoms with Crippen molar-refractivity contribution in [2.24, 2.45) is 0 Å². The molecule has 0 aliphatic carbocycles. The molecular weight excluding hydrogens is 550 g/mol. The second kappa shape index (κ2) is 10.4. The molecule has 0 unspecified atom stereocenters. The van der Waals surface area contributed by atoms with Crippen LogP contribution >= 0.6 is 11.8 Å². The Balaban J connectivity index is 1.88. The number of hydrogen-bond acceptors (Lipinski definition) is 5. The van der Waals surface area contributed by atoms with Crippen LogP contribution in [0.5, 0.6) is 0 Å². The first-order valence-electron chi connectivity index (χ1n) is 10.9. The van der Waals surface area contributed by atoms with Crippen molar-refractivity contribution in [1.29, 1.82) is 0 Å². The summed E-state index contributed by atoms with van der Waals surface area (Å²) in [5.74, 6) is 0. The lowest BCUT2D eigenvalue weighted by molar-refractivity contribution is -0.384. The minimum Gasteiger partial charge on any atom is -0.258 e. The number of hydrogen-bond donors (Lipinski definition) is 0. The summed E-state index contributed by atoms with van der Waals surface area (Å²) in [7, 11) is 0. The number of benzene rings is 4. The van der Waals surface area contributed by atoms with Gasteiger partial charge in [-0.3, -0.25) is 20.2 Å². The van der Waals surface area contributed by atoms with E-state index in [1.807, 2.05) is 0 Å². The van der Waals surface area contributed by atoms with Gasteiger partial charge >= 0.3 is 12.4 Å². The van der Waals surface area contributed by atoms with Crippen LogP contribution in [0.25, 0.3) is 22.3 Å². The van der Waals surface area contributed by atoms with Gasteiger partial charge in [-0.15, -0.1) is 0 Å². The third kappa shape index (κ3) is 5.87. The number of nitro groups is 2. The fraction of sp³-hybridized carbons (Fsp3) is 0.0769. The van der Waals surface area contributed by atoms with Gasteiger partial charge in [0.05, 0.1) is 32.1 Å². The Morgan fingerprint density at radius 1 is 0.538 bits per heavy atom. The third-order valence-corrected chi connectivity index (χ3v) is 6.74. The maximum absolute atomic E-state index is 13.1. The van der Waals surface area contributed by atoms with Gasteiger partial charge in [-0.25, -0.2) is 0 Å². The fourth-order valence-electron chi connectivity index (χ4n) is 3.86. The zero-order chi connectivity index (χ0) is 28.5. The van der Waals surface area contributed by atoms with Crippen molar-refractivity contribution in [2.75, 3.05) is 0 Å². The molecule has 0 bridgehead atoms. The molecule has 0 atom stereocenters. The van der Waals surface area contributed by atoms with E-state index in [2.05, 4.69) is 0 Å². The molecule has 0 spiro atoms. The van der Waals surface area contributed by atoms with Gasteiger partial charge in [0.1, 0.15) is 0 Å². The highest BCUT2D eigenvalue weighted by Crippen LogP contribution is 2.47. The van der Waals surface area contributed by atoms with Gasteiger partial charge in [-0.05, 0) is 47.5 Å². The van der Waals surface area contributed by atoms with Gasteiger partial charge in [0.25, 0.3) is 11.4 Å². The van der Waals surface area contributed by atoms with E-state index in [1.54, 1.807) is 0 Å². The summed E-state index contributed by atoms with van der Waals surface area (Å²) in [6.45, 7) is 0. The Kier molecular flexibility index (Phi) is 7.37. The Morgan fingerprint density at radius 3 is 1.15 bits per heavy atom. The van der Waals surface area contributed by atoms with E-state index in [1.165, 1.54) is 36.4 Å². The molecule has 0 aliphatic heterocycles. The zero-order valence-corrected chi connectivity index (χ0v) is 20.1. The predicted molar refractivity (Wildman–Crippen MR) is 131 cm³/mol. The van der Waals surface area contributed by atoms with Gasteiger partial charge in [-0.1, -0.05) is 48.2 Å². The van der Waals surface area contributed by atoms with Gasteiger partial charge in [0, 0.05) is 21.9 Å². The maximum atomic E-state index is 13.1. The van der Waals surface area contributed by atoms with Crippen LogP contribution in [-0.2, 0) is 12.4 Å². The Hall–Kier alpha value is -4.39. The normalized spacial score (nSPS) is 11.8. The predicted octanol–water partition coefficient (Wildman–Crippen LogP) is 9.03. The van der Waals surface area contributed by atoms with E-state index >= 15 is 0 Å². The number of rotatable bonds is 6. The molecule has 0 fully saturated rings. The van der Waals surface area contributed by atoms with Crippen LogP contribution in [0.4, 0.5) is 37.7 Å². The quantitative estimate of drug-likeness (QED) is 0.133. The number of halogens is 6. The molecule has 0 saturated heterocycles. The molecule has 200 valence electrons. The standard InChI is InChI=1S/C26H14F6N2O4S/c27-25(28,29)17-11-7-15(8-12-17)23-19(33(35)36)3-1-5-21(23)39-22-6-2-4-20(34(37)38)24(22)16-9-13-18(14-10-16)26(30,31)32/h1-14H. The molecule has 0 aromatic heterocycles. The van der Waals surface area contributed by atoms with E-state index in [9.17, 15) is 46.6 Å². The molecule has 0 amide bonds. The minimum atomic E-state index is -4.63. The van der Waals surface area contributed by atoms with Crippen LogP contribution in [0.2, 0.25) is 0 Å². The summed E-state index contributed by atoms with van der Waals surface area (Å²) in [6.07, 6.45) is -9.25. The first-order valence-corrected chi connectivity index (χ1v) is 11.7. The molecule has 0 aliphatic rings. The number of nitro benzene ring substituents is 2. The van der Waals surface area contributed by atoms with Crippen molar-refractivity contribution in [3.8, 4) is 22.3 Å². The molecular formula is C26H14F6N2O4S. The Labute approximate surface area is 220 Å². The zero-order valence-electron chi connectivity index (χ0n) is 19.3. The molecule has 4 aromatic rings. The molecule has 4 aromatic carbocycles. The SMILES string of the molecule is O=[N+]([O-])c1cccc(Sc2cccc([N+](=O)[O-])c2-c2ccc(C(F)(F)F)cc2)c1-c1ccc(C(F)(F)F)cc1. The van der Waals surface area contributed by atoms with Crippen molar-refractivity contribution in [3.63, 3.8) is 0 Å². The fourth-order valence-corrected chi connectivity index (χ4v) is 5.04. The molecule has 0 saturated carbocycles. The van der Waals surface area contributed by atoms with Crippen LogP contribution in [0.15, 0.2) is 94.7 Å². The van der Waals surface area contributed by atoms with E-state index < -0.39 is 44.7 Å². The molecule has 0 N–H and O–H groups in total.